The van der Waals surface area contributed by atoms with Crippen LogP contribution in [0.25, 0.3) is 22.4 Å². The van der Waals surface area contributed by atoms with Gasteiger partial charge in [0.25, 0.3) is 0 Å². The van der Waals surface area contributed by atoms with Gasteiger partial charge in [-0.25, -0.2) is 19.3 Å². The Morgan fingerprint density at radius 2 is 2.00 bits per heavy atom. The number of benzene rings is 1. The van der Waals surface area contributed by atoms with Crippen LogP contribution >= 0.6 is 0 Å². The Hall–Kier alpha value is -2.34. The molecular formula is C22H28FN5. The quantitative estimate of drug-likeness (QED) is 0.638. The first-order valence-electron chi connectivity index (χ1n) is 10.2. The van der Waals surface area contributed by atoms with Crippen LogP contribution in [0, 0.1) is 18.7 Å². The third-order valence-corrected chi connectivity index (χ3v) is 5.83. The van der Waals surface area contributed by atoms with Crippen LogP contribution in [0.2, 0.25) is 0 Å². The zero-order chi connectivity index (χ0) is 19.5. The monoisotopic (exact) mass is 381 g/mol. The molecule has 6 heteroatoms. The molecule has 1 aromatic carbocycles. The number of halogens is 1. The molecular weight excluding hydrogens is 353 g/mol. The normalized spacial score (nSPS) is 16.1. The van der Waals surface area contributed by atoms with Gasteiger partial charge in [-0.1, -0.05) is 12.8 Å². The predicted octanol–water partition coefficient (Wildman–Crippen LogP) is 4.52. The lowest BCUT2D eigenvalue weighted by Crippen LogP contribution is -2.30. The fourth-order valence-corrected chi connectivity index (χ4v) is 4.04. The molecule has 0 aliphatic carbocycles. The molecule has 1 saturated heterocycles. The smallest absolute Gasteiger partial charge is 0.141 e. The number of unbranched alkanes of at least 4 members (excludes halogenated alkanes) is 1. The van der Waals surface area contributed by atoms with Crippen LogP contribution in [0.1, 0.15) is 43.6 Å². The molecule has 0 spiro atoms. The number of imidazole rings is 1. The highest BCUT2D eigenvalue weighted by molar-refractivity contribution is 5.79. The fourth-order valence-electron chi connectivity index (χ4n) is 4.04. The van der Waals surface area contributed by atoms with Crippen molar-refractivity contribution in [2.75, 3.05) is 20.1 Å². The Labute approximate surface area is 165 Å². The van der Waals surface area contributed by atoms with Gasteiger partial charge in [0, 0.05) is 12.6 Å². The van der Waals surface area contributed by atoms with Gasteiger partial charge in [0.1, 0.15) is 17.5 Å². The maximum Gasteiger partial charge on any atom is 0.141 e. The van der Waals surface area contributed by atoms with Crippen molar-refractivity contribution in [1.29, 1.82) is 0 Å². The second-order valence-electron chi connectivity index (χ2n) is 8.02. The lowest BCUT2D eigenvalue weighted by molar-refractivity contribution is 0.209. The number of fused-ring (bicyclic) bond motifs is 1. The number of aromatic amines is 1. The molecule has 0 radical (unpaired) electrons. The van der Waals surface area contributed by atoms with Gasteiger partial charge in [-0.05, 0) is 70.4 Å². The van der Waals surface area contributed by atoms with Crippen LogP contribution < -0.4 is 0 Å². The van der Waals surface area contributed by atoms with E-state index in [9.17, 15) is 4.39 Å². The zero-order valence-electron chi connectivity index (χ0n) is 16.7. The Balaban J connectivity index is 1.34. The van der Waals surface area contributed by atoms with E-state index in [1.54, 1.807) is 6.07 Å². The molecule has 28 heavy (non-hydrogen) atoms. The second-order valence-corrected chi connectivity index (χ2v) is 8.02. The van der Waals surface area contributed by atoms with Crippen LogP contribution in [-0.2, 0) is 6.42 Å². The molecule has 0 unspecified atom stereocenters. The molecule has 0 saturated carbocycles. The van der Waals surface area contributed by atoms with Gasteiger partial charge >= 0.3 is 0 Å². The second kappa shape index (κ2) is 8.35. The average Bonchev–Trinajstić information content (AvgIpc) is 3.09. The summed E-state index contributed by atoms with van der Waals surface area (Å²) in [6.45, 7) is 4.46. The number of rotatable bonds is 6. The standard InChI is InChI=1S/C22H28FN5/c1-15-18(22-26-19-8-7-17(23)13-20(19)27-22)14-24-21(25-15)6-4-3-5-16-9-11-28(2)12-10-16/h7-8,13-14,16H,3-6,9-12H2,1-2H3,(H,26,27). The zero-order valence-corrected chi connectivity index (χ0v) is 16.7. The van der Waals surface area contributed by atoms with Crippen molar-refractivity contribution in [2.45, 2.75) is 45.4 Å². The van der Waals surface area contributed by atoms with Crippen molar-refractivity contribution in [2.24, 2.45) is 5.92 Å². The van der Waals surface area contributed by atoms with Crippen LogP contribution in [0.3, 0.4) is 0 Å². The van der Waals surface area contributed by atoms with E-state index in [0.29, 0.717) is 11.3 Å². The van der Waals surface area contributed by atoms with Crippen molar-refractivity contribution in [3.63, 3.8) is 0 Å². The number of aryl methyl sites for hydroxylation is 2. The SMILES string of the molecule is Cc1nc(CCCCC2CCN(C)CC2)ncc1-c1nc2ccc(F)cc2[nH]1. The van der Waals surface area contributed by atoms with Crippen LogP contribution in [0.15, 0.2) is 24.4 Å². The molecule has 1 fully saturated rings. The van der Waals surface area contributed by atoms with Crippen LogP contribution in [-0.4, -0.2) is 45.0 Å². The minimum absolute atomic E-state index is 0.272. The molecule has 0 atom stereocenters. The number of hydrogen-bond donors (Lipinski definition) is 1. The van der Waals surface area contributed by atoms with Crippen LogP contribution in [0.5, 0.6) is 0 Å². The number of nitrogens with one attached hydrogen (secondary N) is 1. The summed E-state index contributed by atoms with van der Waals surface area (Å²) >= 11 is 0. The number of H-pyrrole nitrogens is 1. The summed E-state index contributed by atoms with van der Waals surface area (Å²) in [6, 6.07) is 4.56. The van der Waals surface area contributed by atoms with E-state index < -0.39 is 0 Å². The molecule has 0 bridgehead atoms. The molecule has 1 N–H and O–H groups in total. The molecule has 148 valence electrons. The minimum atomic E-state index is -0.272. The predicted molar refractivity (Wildman–Crippen MR) is 110 cm³/mol. The van der Waals surface area contributed by atoms with Gasteiger partial charge in [0.15, 0.2) is 0 Å². The highest BCUT2D eigenvalue weighted by Gasteiger charge is 2.16. The van der Waals surface area contributed by atoms with Crippen molar-refractivity contribution < 1.29 is 4.39 Å². The van der Waals surface area contributed by atoms with E-state index in [-0.39, 0.29) is 5.82 Å². The lowest BCUT2D eigenvalue weighted by atomic mass is 9.91. The summed E-state index contributed by atoms with van der Waals surface area (Å²) < 4.78 is 13.4. The topological polar surface area (TPSA) is 57.7 Å². The lowest BCUT2D eigenvalue weighted by Gasteiger charge is -2.28. The molecule has 4 rings (SSSR count). The van der Waals surface area contributed by atoms with E-state index in [2.05, 4.69) is 31.9 Å². The van der Waals surface area contributed by atoms with Gasteiger partial charge < -0.3 is 9.88 Å². The number of nitrogens with zero attached hydrogens (tertiary/aromatic N) is 4. The highest BCUT2D eigenvalue weighted by atomic mass is 19.1. The van der Waals surface area contributed by atoms with Gasteiger partial charge in [0.05, 0.1) is 22.3 Å². The third-order valence-electron chi connectivity index (χ3n) is 5.83. The van der Waals surface area contributed by atoms with E-state index >= 15 is 0 Å². The first-order chi connectivity index (χ1) is 13.6. The van der Waals surface area contributed by atoms with E-state index in [0.717, 1.165) is 41.4 Å². The molecule has 5 nitrogen and oxygen atoms in total. The maximum absolute atomic E-state index is 13.4. The van der Waals surface area contributed by atoms with Crippen molar-refractivity contribution in [3.8, 4) is 11.4 Å². The Bertz CT molecular complexity index is 943. The van der Waals surface area contributed by atoms with Gasteiger partial charge in [-0.2, -0.15) is 0 Å². The fraction of sp³-hybridized carbons (Fsp3) is 0.500. The van der Waals surface area contributed by atoms with Crippen LogP contribution in [0.4, 0.5) is 4.39 Å². The first-order valence-corrected chi connectivity index (χ1v) is 10.2. The summed E-state index contributed by atoms with van der Waals surface area (Å²) in [5.41, 5.74) is 3.20. The summed E-state index contributed by atoms with van der Waals surface area (Å²) in [7, 11) is 2.21. The maximum atomic E-state index is 13.4. The van der Waals surface area contributed by atoms with Gasteiger partial charge in [-0.3, -0.25) is 0 Å². The molecule has 1 aliphatic heterocycles. The number of piperidine rings is 1. The Morgan fingerprint density at radius 1 is 1.18 bits per heavy atom. The number of hydrogen-bond acceptors (Lipinski definition) is 4. The molecule has 0 amide bonds. The average molecular weight is 381 g/mol. The van der Waals surface area contributed by atoms with E-state index in [1.807, 2.05) is 13.1 Å². The summed E-state index contributed by atoms with van der Waals surface area (Å²) in [5.74, 6) is 2.20. The largest absolute Gasteiger partial charge is 0.338 e. The van der Waals surface area contributed by atoms with E-state index in [4.69, 9.17) is 0 Å². The molecule has 1 aliphatic rings. The Morgan fingerprint density at radius 3 is 2.79 bits per heavy atom. The van der Waals surface area contributed by atoms with E-state index in [1.165, 1.54) is 50.9 Å². The first kappa shape index (κ1) is 19.0. The summed E-state index contributed by atoms with van der Waals surface area (Å²) in [4.78, 5) is 19.4. The summed E-state index contributed by atoms with van der Waals surface area (Å²) in [6.07, 6.45) is 9.12. The molecule has 3 aromatic rings. The number of likely N-dealkylation sites (tertiary alicyclic amines) is 1. The summed E-state index contributed by atoms with van der Waals surface area (Å²) in [5, 5.41) is 0. The minimum Gasteiger partial charge on any atom is -0.338 e. The third kappa shape index (κ3) is 4.38. The van der Waals surface area contributed by atoms with Crippen molar-refractivity contribution >= 4 is 11.0 Å². The van der Waals surface area contributed by atoms with Gasteiger partial charge in [0.2, 0.25) is 0 Å². The van der Waals surface area contributed by atoms with Gasteiger partial charge in [-0.15, -0.1) is 0 Å². The van der Waals surface area contributed by atoms with Crippen molar-refractivity contribution in [1.82, 2.24) is 24.8 Å². The highest BCUT2D eigenvalue weighted by Crippen LogP contribution is 2.24. The van der Waals surface area contributed by atoms with Crippen molar-refractivity contribution in [3.05, 3.63) is 41.7 Å². The Kier molecular flexibility index (Phi) is 5.67. The molecule has 3 heterocycles. The molecule has 2 aromatic heterocycles. The number of aromatic nitrogens is 4.